The molecule has 2 aromatic carbocycles. The number of aliphatic hydroxyl groups is 1. The molecule has 4 rings (SSSR count). The van der Waals surface area contributed by atoms with E-state index >= 15 is 0 Å². The first-order valence-corrected chi connectivity index (χ1v) is 12.3. The smallest absolute Gasteiger partial charge is 0.295 e. The van der Waals surface area contributed by atoms with E-state index < -0.39 is 17.7 Å². The number of benzene rings is 2. The lowest BCUT2D eigenvalue weighted by molar-refractivity contribution is -0.140. The van der Waals surface area contributed by atoms with Gasteiger partial charge in [0.2, 0.25) is 0 Å². The normalized spacial score (nSPS) is 17.3. The summed E-state index contributed by atoms with van der Waals surface area (Å²) in [4.78, 5) is 29.2. The monoisotopic (exact) mass is 491 g/mol. The zero-order chi connectivity index (χ0) is 25.3. The molecule has 1 unspecified atom stereocenters. The van der Waals surface area contributed by atoms with E-state index in [0.717, 1.165) is 16.0 Å². The van der Waals surface area contributed by atoms with Crippen LogP contribution in [0.25, 0.3) is 5.76 Å². The van der Waals surface area contributed by atoms with Crippen LogP contribution in [-0.4, -0.2) is 35.9 Å². The van der Waals surface area contributed by atoms with Crippen molar-refractivity contribution in [1.29, 1.82) is 0 Å². The van der Waals surface area contributed by atoms with E-state index in [1.807, 2.05) is 68.6 Å². The van der Waals surface area contributed by atoms with Crippen LogP contribution < -0.4 is 9.47 Å². The Balaban J connectivity index is 1.96. The molecule has 1 aromatic heterocycles. The molecule has 0 saturated carbocycles. The van der Waals surface area contributed by atoms with Crippen LogP contribution in [0.2, 0.25) is 0 Å². The summed E-state index contributed by atoms with van der Waals surface area (Å²) in [7, 11) is 3.16. The first-order chi connectivity index (χ1) is 16.8. The molecule has 0 aliphatic carbocycles. The largest absolute Gasteiger partial charge is 0.507 e. The van der Waals surface area contributed by atoms with Crippen LogP contribution in [0.5, 0.6) is 11.5 Å². The van der Waals surface area contributed by atoms with Gasteiger partial charge in [-0.05, 0) is 53.6 Å². The number of carbonyl (C=O) groups excluding carboxylic acids is 2. The number of ketones is 1. The summed E-state index contributed by atoms with van der Waals surface area (Å²) in [5.41, 5.74) is 2.85. The van der Waals surface area contributed by atoms with Crippen molar-refractivity contribution < 1.29 is 24.2 Å². The first-order valence-electron chi connectivity index (χ1n) is 11.4. The van der Waals surface area contributed by atoms with Gasteiger partial charge in [0.05, 0.1) is 32.4 Å². The number of amides is 1. The molecule has 3 aromatic rings. The molecule has 1 aliphatic rings. The average Bonchev–Trinajstić information content (AvgIpc) is 3.45. The van der Waals surface area contributed by atoms with Gasteiger partial charge in [0.15, 0.2) is 0 Å². The van der Waals surface area contributed by atoms with Gasteiger partial charge in [-0.3, -0.25) is 9.59 Å². The van der Waals surface area contributed by atoms with Crippen molar-refractivity contribution in [3.8, 4) is 11.5 Å². The molecule has 7 heteroatoms. The third-order valence-corrected chi connectivity index (χ3v) is 7.19. The number of methoxy groups -OCH3 is 2. The third-order valence-electron chi connectivity index (χ3n) is 6.33. The molecule has 2 heterocycles. The number of aryl methyl sites for hydroxylation is 1. The molecule has 1 aliphatic heterocycles. The number of likely N-dealkylation sites (tertiary alicyclic amines) is 1. The van der Waals surface area contributed by atoms with Gasteiger partial charge in [-0.15, -0.1) is 11.3 Å². The second kappa shape index (κ2) is 9.96. The Morgan fingerprint density at radius 3 is 2.40 bits per heavy atom. The van der Waals surface area contributed by atoms with E-state index in [9.17, 15) is 14.7 Å². The van der Waals surface area contributed by atoms with Crippen LogP contribution in [-0.2, 0) is 16.1 Å². The van der Waals surface area contributed by atoms with E-state index in [1.54, 1.807) is 20.3 Å². The van der Waals surface area contributed by atoms with E-state index in [4.69, 9.17) is 9.47 Å². The van der Waals surface area contributed by atoms with Crippen molar-refractivity contribution in [1.82, 2.24) is 4.90 Å². The average molecular weight is 492 g/mol. The summed E-state index contributed by atoms with van der Waals surface area (Å²) in [6, 6.07) is 14.0. The number of hydrogen-bond donors (Lipinski definition) is 1. The van der Waals surface area contributed by atoms with Crippen molar-refractivity contribution >= 4 is 28.8 Å². The molecule has 35 heavy (non-hydrogen) atoms. The maximum Gasteiger partial charge on any atom is 0.295 e. The minimum absolute atomic E-state index is 0.0547. The second-order valence-electron chi connectivity index (χ2n) is 8.81. The number of hydrogen-bond acceptors (Lipinski definition) is 6. The molecule has 1 atom stereocenters. The number of Topliss-reactive ketones (excluding diaryl/α,β-unsaturated/α-hetero) is 1. The summed E-state index contributed by atoms with van der Waals surface area (Å²) >= 11 is 1.51. The zero-order valence-electron chi connectivity index (χ0n) is 20.5. The lowest BCUT2D eigenvalue weighted by Crippen LogP contribution is -2.29. The Kier molecular flexibility index (Phi) is 6.98. The van der Waals surface area contributed by atoms with Crippen molar-refractivity contribution in [2.75, 3.05) is 14.2 Å². The highest BCUT2D eigenvalue weighted by Gasteiger charge is 2.47. The van der Waals surface area contributed by atoms with Crippen LogP contribution in [0.1, 0.15) is 52.9 Å². The predicted molar refractivity (Wildman–Crippen MR) is 137 cm³/mol. The molecule has 1 amide bonds. The van der Waals surface area contributed by atoms with E-state index in [2.05, 4.69) is 0 Å². The van der Waals surface area contributed by atoms with Crippen LogP contribution in [0.4, 0.5) is 0 Å². The standard InChI is InChI=1S/C28H29NO5S/c1-16(2)20-14-21(17(3)13-23(20)34-5)26(30)24-25(19-10-6-7-11-22(19)33-4)29(28(32)27(24)31)15-18-9-8-12-35-18/h6-14,16,25,30H,15H2,1-5H3/b26-24+. The number of nitrogens with zero attached hydrogens (tertiary/aromatic N) is 1. The van der Waals surface area contributed by atoms with Gasteiger partial charge in [-0.1, -0.05) is 38.1 Å². The van der Waals surface area contributed by atoms with E-state index in [1.165, 1.54) is 16.2 Å². The number of para-hydroxylation sites is 1. The molecule has 0 bridgehead atoms. The van der Waals surface area contributed by atoms with Gasteiger partial charge >= 0.3 is 0 Å². The van der Waals surface area contributed by atoms with Crippen molar-refractivity contribution in [3.63, 3.8) is 0 Å². The molecule has 0 spiro atoms. The highest BCUT2D eigenvalue weighted by atomic mass is 32.1. The SMILES string of the molecule is COc1cc(C)c(/C(O)=C2\C(=O)C(=O)N(Cc3cccs3)C2c2ccccc2OC)cc1C(C)C. The zero-order valence-corrected chi connectivity index (χ0v) is 21.3. The fourth-order valence-electron chi connectivity index (χ4n) is 4.56. The molecular weight excluding hydrogens is 462 g/mol. The lowest BCUT2D eigenvalue weighted by Gasteiger charge is -2.26. The Morgan fingerprint density at radius 2 is 1.77 bits per heavy atom. The van der Waals surface area contributed by atoms with Crippen LogP contribution in [0.15, 0.2) is 59.5 Å². The van der Waals surface area contributed by atoms with Crippen molar-refractivity contribution in [2.24, 2.45) is 0 Å². The minimum Gasteiger partial charge on any atom is -0.507 e. The summed E-state index contributed by atoms with van der Waals surface area (Å²) in [5, 5.41) is 13.5. The highest BCUT2D eigenvalue weighted by Crippen LogP contribution is 2.44. The molecular formula is C28H29NO5S. The number of aliphatic hydroxyl groups excluding tert-OH is 1. The maximum absolute atomic E-state index is 13.4. The van der Waals surface area contributed by atoms with Gasteiger partial charge in [0.25, 0.3) is 11.7 Å². The predicted octanol–water partition coefficient (Wildman–Crippen LogP) is 5.82. The number of thiophene rings is 1. The first kappa shape index (κ1) is 24.5. The Bertz CT molecular complexity index is 1290. The summed E-state index contributed by atoms with van der Waals surface area (Å²) in [5.74, 6) is -0.176. The van der Waals surface area contributed by atoms with Gasteiger partial charge in [-0.2, -0.15) is 0 Å². The fraction of sp³-hybridized carbons (Fsp3) is 0.286. The van der Waals surface area contributed by atoms with Crippen LogP contribution in [0.3, 0.4) is 0 Å². The molecule has 0 radical (unpaired) electrons. The van der Waals surface area contributed by atoms with Gasteiger partial charge in [0.1, 0.15) is 17.3 Å². The third kappa shape index (κ3) is 4.44. The van der Waals surface area contributed by atoms with Crippen LogP contribution >= 0.6 is 11.3 Å². The number of rotatable bonds is 7. The molecule has 1 saturated heterocycles. The van der Waals surface area contributed by atoms with Crippen molar-refractivity contribution in [3.05, 3.63) is 86.6 Å². The Hall–Kier alpha value is -3.58. The second-order valence-corrected chi connectivity index (χ2v) is 9.84. The molecule has 182 valence electrons. The molecule has 1 N–H and O–H groups in total. The van der Waals surface area contributed by atoms with Gasteiger partial charge in [-0.25, -0.2) is 0 Å². The summed E-state index contributed by atoms with van der Waals surface area (Å²) in [6.07, 6.45) is 0. The summed E-state index contributed by atoms with van der Waals surface area (Å²) in [6.45, 7) is 6.17. The minimum atomic E-state index is -0.794. The summed E-state index contributed by atoms with van der Waals surface area (Å²) < 4.78 is 11.1. The van der Waals surface area contributed by atoms with Crippen molar-refractivity contribution in [2.45, 2.75) is 39.3 Å². The van der Waals surface area contributed by atoms with E-state index in [0.29, 0.717) is 22.6 Å². The number of carbonyl (C=O) groups is 2. The molecule has 6 nitrogen and oxygen atoms in total. The van der Waals surface area contributed by atoms with Gasteiger partial charge in [0, 0.05) is 16.0 Å². The Labute approximate surface area is 209 Å². The maximum atomic E-state index is 13.4. The fourth-order valence-corrected chi connectivity index (χ4v) is 5.26. The Morgan fingerprint density at radius 1 is 1.06 bits per heavy atom. The lowest BCUT2D eigenvalue weighted by atomic mass is 9.90. The topological polar surface area (TPSA) is 76.1 Å². The van der Waals surface area contributed by atoms with Crippen LogP contribution in [0, 0.1) is 6.92 Å². The van der Waals surface area contributed by atoms with E-state index in [-0.39, 0.29) is 23.8 Å². The number of ether oxygens (including phenoxy) is 2. The van der Waals surface area contributed by atoms with Gasteiger partial charge < -0.3 is 19.5 Å². The molecule has 1 fully saturated rings. The highest BCUT2D eigenvalue weighted by molar-refractivity contribution is 7.09. The quantitative estimate of drug-likeness (QED) is 0.256.